The maximum Gasteiger partial charge on any atom is 0.356 e. The number of aromatic hydroxyl groups is 2. The summed E-state index contributed by atoms with van der Waals surface area (Å²) >= 11 is 0. The van der Waals surface area contributed by atoms with Gasteiger partial charge in [0.25, 0.3) is 0 Å². The normalized spacial score (nSPS) is 13.1. The highest BCUT2D eigenvalue weighted by molar-refractivity contribution is 7.61. The molecule has 0 fully saturated rings. The van der Waals surface area contributed by atoms with E-state index in [2.05, 4.69) is 9.97 Å². The van der Waals surface area contributed by atoms with Crippen LogP contribution in [0, 0.1) is 13.8 Å². The number of rotatable bonds is 12. The van der Waals surface area contributed by atoms with Crippen molar-refractivity contribution in [2.24, 2.45) is 0 Å². The molecule has 0 unspecified atom stereocenters. The van der Waals surface area contributed by atoms with Crippen molar-refractivity contribution < 1.29 is 77.1 Å². The molecular formula is C52H48N4O16P4. The quantitative estimate of drug-likeness (QED) is 0.0658. The van der Waals surface area contributed by atoms with Crippen molar-refractivity contribution in [2.45, 2.75) is 52.7 Å². The van der Waals surface area contributed by atoms with Crippen molar-refractivity contribution in [3.8, 4) is 45.8 Å². The van der Waals surface area contributed by atoms with Gasteiger partial charge in [0.05, 0.1) is 55.4 Å². The molecular weight excluding hydrogens is 1060 g/mol. The van der Waals surface area contributed by atoms with E-state index in [1.54, 1.807) is 48.5 Å². The zero-order chi connectivity index (χ0) is 54.5. The fraction of sp³-hybridized carbons (Fsp3) is 0.154. The van der Waals surface area contributed by atoms with E-state index in [0.717, 1.165) is 59.9 Å². The molecule has 0 amide bonds. The van der Waals surface area contributed by atoms with Crippen LogP contribution < -0.4 is 30.7 Å². The van der Waals surface area contributed by atoms with Crippen LogP contribution in [0.25, 0.3) is 22.8 Å². The van der Waals surface area contributed by atoms with Gasteiger partial charge in [-0.3, -0.25) is 28.2 Å². The molecule has 8 bridgehead atoms. The summed E-state index contributed by atoms with van der Waals surface area (Å²) in [5, 5.41) is 22.2. The van der Waals surface area contributed by atoms with Gasteiger partial charge in [0.2, 0.25) is 0 Å². The topological polar surface area (TPSA) is 341 Å². The van der Waals surface area contributed by atoms with Crippen LogP contribution in [0.15, 0.2) is 121 Å². The van der Waals surface area contributed by atoms with E-state index in [1.165, 1.54) is 0 Å². The van der Waals surface area contributed by atoms with Crippen molar-refractivity contribution in [3.05, 3.63) is 189 Å². The predicted molar refractivity (Wildman–Crippen MR) is 280 cm³/mol. The summed E-state index contributed by atoms with van der Waals surface area (Å²) in [7, 11) is -20.8. The third-order valence-electron chi connectivity index (χ3n) is 12.5. The van der Waals surface area contributed by atoms with Gasteiger partial charge in [0.15, 0.2) is 0 Å². The second-order valence-electron chi connectivity index (χ2n) is 18.2. The third kappa shape index (κ3) is 12.3. The summed E-state index contributed by atoms with van der Waals surface area (Å²) in [6.45, 7) is 3.01. The molecule has 0 saturated heterocycles. The molecule has 0 radical (unpaired) electrons. The lowest BCUT2D eigenvalue weighted by molar-refractivity contribution is 0.295. The molecule has 8 aromatic rings. The van der Waals surface area contributed by atoms with Crippen LogP contribution in [0.4, 0.5) is 0 Å². The summed E-state index contributed by atoms with van der Waals surface area (Å²) in [4.78, 5) is 104. The minimum absolute atomic E-state index is 0.0557. The number of phenolic OH excluding ortho intramolecular Hbond substituents is 2. The molecule has 4 heterocycles. The first-order chi connectivity index (χ1) is 35.8. The second-order valence-corrected chi connectivity index (χ2v) is 24.6. The van der Waals surface area contributed by atoms with E-state index in [-0.39, 0.29) is 69.2 Å². The smallest absolute Gasteiger partial charge is 0.356 e. The highest BCUT2D eigenvalue weighted by Gasteiger charge is 2.31. The van der Waals surface area contributed by atoms with Gasteiger partial charge in [-0.05, 0) is 155 Å². The number of pyridine rings is 4. The van der Waals surface area contributed by atoms with Crippen LogP contribution in [0.1, 0.15) is 67.3 Å². The fourth-order valence-corrected chi connectivity index (χ4v) is 11.5. The molecule has 1 aliphatic carbocycles. The summed E-state index contributed by atoms with van der Waals surface area (Å²) in [6, 6.07) is 29.3. The maximum atomic E-state index is 13.2. The van der Waals surface area contributed by atoms with Gasteiger partial charge >= 0.3 is 30.4 Å². The van der Waals surface area contributed by atoms with Crippen LogP contribution in [-0.4, -0.2) is 69.3 Å². The number of ether oxygens (including phenoxy) is 2. The first-order valence-electron chi connectivity index (χ1n) is 23.1. The molecule has 10 N–H and O–H groups in total. The van der Waals surface area contributed by atoms with E-state index in [9.17, 15) is 67.6 Å². The standard InChI is InChI=1S/C52H48N4O16P4/c1-29-7-3-11-45(53-29)47-13-5-9-39(55-47)27-71-51-35-15-31-19-41(73(59,60)61)21-33(49(31)57)17-37-25-44(76(68,69)70)26-38(52(37)72-28-40-10-6-14-48(56-40)46-12-4-8-30(2)54-46)18-34-22-42(74(62,63)64)20-32(50(34)58)16-36(51)24-43(23-35)75(65,66)67/h3-14,19-26,57-58H,15-18,27-28H2,1-2H3,(H2,59,60,61)(H2,62,63,64)(H2,65,66,67)(H2,68,69,70). The Morgan fingerprint density at radius 3 is 0.895 bits per heavy atom. The van der Waals surface area contributed by atoms with Crippen LogP contribution in [0.3, 0.4) is 0 Å². The average molecular weight is 1110 g/mol. The van der Waals surface area contributed by atoms with Gasteiger partial charge < -0.3 is 58.8 Å². The molecule has 0 saturated carbocycles. The average Bonchev–Trinajstić information content (AvgIpc) is 3.34. The predicted octanol–water partition coefficient (Wildman–Crippen LogP) is 5.68. The molecule has 0 spiro atoms. The molecule has 9 rings (SSSR count). The number of aryl methyl sites for hydroxylation is 2. The monoisotopic (exact) mass is 1110 g/mol. The van der Waals surface area contributed by atoms with Crippen LogP contribution in [-0.2, 0) is 57.2 Å². The van der Waals surface area contributed by atoms with Gasteiger partial charge in [-0.1, -0.05) is 24.3 Å². The Morgan fingerprint density at radius 1 is 0.382 bits per heavy atom. The van der Waals surface area contributed by atoms with Crippen molar-refractivity contribution in [1.82, 2.24) is 19.9 Å². The first-order valence-corrected chi connectivity index (χ1v) is 29.5. The van der Waals surface area contributed by atoms with E-state index >= 15 is 0 Å². The van der Waals surface area contributed by atoms with Gasteiger partial charge in [0, 0.05) is 37.1 Å². The number of hydrogen-bond donors (Lipinski definition) is 10. The van der Waals surface area contributed by atoms with Crippen molar-refractivity contribution in [3.63, 3.8) is 0 Å². The number of aromatic nitrogens is 4. The SMILES string of the molecule is Cc1cccc(-c2cccc(COc3c4cc(P(=O)(O)O)cc3Cc3cc(P(=O)(O)O)cc(c3O)Cc3cc(P(=O)(O)O)cc(c3OCc3cccc(-c5cccc(C)n5)n3)Cc3cc(P(=O)(O)O)cc(c3O)C4)n2)n1. The summed E-state index contributed by atoms with van der Waals surface area (Å²) in [5.41, 5.74) is 3.23. The zero-order valence-electron chi connectivity index (χ0n) is 40.3. The minimum Gasteiger partial charge on any atom is -0.507 e. The lowest BCUT2D eigenvalue weighted by atomic mass is 9.91. The van der Waals surface area contributed by atoms with Gasteiger partial charge in [0.1, 0.15) is 36.2 Å². The number of benzene rings is 4. The molecule has 4 aromatic heterocycles. The zero-order valence-corrected chi connectivity index (χ0v) is 43.9. The van der Waals surface area contributed by atoms with Crippen molar-refractivity contribution >= 4 is 51.6 Å². The van der Waals surface area contributed by atoms with Gasteiger partial charge in [-0.15, -0.1) is 0 Å². The second kappa shape index (κ2) is 21.0. The summed E-state index contributed by atoms with van der Waals surface area (Å²) in [5.74, 6) is -1.33. The molecule has 24 heteroatoms. The first kappa shape index (κ1) is 54.1. The lowest BCUT2D eigenvalue weighted by Gasteiger charge is -2.23. The number of fused-ring (bicyclic) bond motifs is 8. The highest BCUT2D eigenvalue weighted by Crippen LogP contribution is 2.45. The Hall–Kier alpha value is -6.72. The number of nitrogens with zero attached hydrogens (tertiary/aromatic N) is 4. The Morgan fingerprint density at radius 2 is 0.632 bits per heavy atom. The van der Waals surface area contributed by atoms with E-state index in [0.29, 0.717) is 34.2 Å². The van der Waals surface area contributed by atoms with Crippen molar-refractivity contribution in [2.75, 3.05) is 0 Å². The lowest BCUT2D eigenvalue weighted by Crippen LogP contribution is -2.16. The Kier molecular flexibility index (Phi) is 15.0. The Bertz CT molecular complexity index is 3470. The molecule has 76 heavy (non-hydrogen) atoms. The fourth-order valence-electron chi connectivity index (χ4n) is 8.95. The minimum atomic E-state index is -5.20. The molecule has 4 aromatic carbocycles. The van der Waals surface area contributed by atoms with Crippen LogP contribution in [0.2, 0.25) is 0 Å². The molecule has 392 valence electrons. The van der Waals surface area contributed by atoms with E-state index < -0.39 is 88.8 Å². The van der Waals surface area contributed by atoms with Gasteiger partial charge in [-0.25, -0.2) is 9.97 Å². The van der Waals surface area contributed by atoms with E-state index in [1.807, 2.05) is 38.1 Å². The van der Waals surface area contributed by atoms with Crippen molar-refractivity contribution in [1.29, 1.82) is 0 Å². The van der Waals surface area contributed by atoms with Crippen LogP contribution in [0.5, 0.6) is 23.0 Å². The van der Waals surface area contributed by atoms with Gasteiger partial charge in [-0.2, -0.15) is 0 Å². The molecule has 0 aliphatic heterocycles. The number of hydrogen-bond acceptors (Lipinski definition) is 12. The summed E-state index contributed by atoms with van der Waals surface area (Å²) < 4.78 is 65.8. The van der Waals surface area contributed by atoms with Crippen LogP contribution >= 0.6 is 30.4 Å². The number of phenols is 2. The largest absolute Gasteiger partial charge is 0.507 e. The van der Waals surface area contributed by atoms with E-state index in [4.69, 9.17) is 19.4 Å². The molecule has 1 aliphatic rings. The third-order valence-corrected chi connectivity index (χ3v) is 16.2. The highest BCUT2D eigenvalue weighted by atomic mass is 31.2. The summed E-state index contributed by atoms with van der Waals surface area (Å²) in [6.07, 6.45) is -2.17. The maximum absolute atomic E-state index is 13.2. The Labute approximate surface area is 434 Å². The molecule has 0 atom stereocenters. The molecule has 20 nitrogen and oxygen atoms in total. The Balaban J connectivity index is 1.27.